The highest BCUT2D eigenvalue weighted by atomic mass is 19.3. The van der Waals surface area contributed by atoms with Crippen molar-refractivity contribution in [2.24, 2.45) is 0 Å². The first-order valence-electron chi connectivity index (χ1n) is 14.5. The molecule has 0 saturated carbocycles. The quantitative estimate of drug-likeness (QED) is 0.106. The van der Waals surface area contributed by atoms with Crippen molar-refractivity contribution in [1.29, 1.82) is 0 Å². The first kappa shape index (κ1) is 34.3. The summed E-state index contributed by atoms with van der Waals surface area (Å²) >= 11 is 0. The second-order valence-electron chi connectivity index (χ2n) is 10.8. The number of alkyl halides is 2. The number of ether oxygens (including phenoxy) is 1. The summed E-state index contributed by atoms with van der Waals surface area (Å²) in [6, 6.07) is 19.2. The van der Waals surface area contributed by atoms with Crippen molar-refractivity contribution in [3.05, 3.63) is 154 Å². The summed E-state index contributed by atoms with van der Waals surface area (Å²) in [4.78, 5) is 0. The molecule has 11 heteroatoms. The van der Waals surface area contributed by atoms with E-state index in [2.05, 4.69) is 4.74 Å². The van der Waals surface area contributed by atoms with Crippen molar-refractivity contribution in [2.75, 3.05) is 0 Å². The summed E-state index contributed by atoms with van der Waals surface area (Å²) in [5, 5.41) is 0. The van der Waals surface area contributed by atoms with E-state index in [4.69, 9.17) is 0 Å². The van der Waals surface area contributed by atoms with Crippen LogP contribution in [-0.2, 0) is 19.0 Å². The Bertz CT molecular complexity index is 1940. The van der Waals surface area contributed by atoms with Crippen LogP contribution in [0.1, 0.15) is 35.6 Å². The van der Waals surface area contributed by atoms with E-state index in [0.717, 1.165) is 11.1 Å². The number of rotatable bonds is 10. The van der Waals surface area contributed by atoms with Crippen molar-refractivity contribution in [2.45, 2.75) is 32.3 Å². The maximum atomic E-state index is 15.0. The van der Waals surface area contributed by atoms with Gasteiger partial charge in [-0.2, -0.15) is 8.78 Å². The molecule has 0 aliphatic carbocycles. The molecule has 0 radical (unpaired) electrons. The maximum Gasteiger partial charge on any atom is 0.432 e. The Kier molecular flexibility index (Phi) is 9.98. The normalized spacial score (nSPS) is 12.2. The lowest BCUT2D eigenvalue weighted by Gasteiger charge is -2.20. The molecule has 0 aromatic heterocycles. The van der Waals surface area contributed by atoms with Gasteiger partial charge in [-0.3, -0.25) is 0 Å². The van der Waals surface area contributed by atoms with E-state index in [1.807, 2.05) is 0 Å². The zero-order valence-electron chi connectivity index (χ0n) is 25.0. The van der Waals surface area contributed by atoms with Crippen LogP contribution in [0.4, 0.5) is 43.9 Å². The largest absolute Gasteiger partial charge is 0.432 e. The molecule has 0 unspecified atom stereocenters. The van der Waals surface area contributed by atoms with Crippen LogP contribution in [0.5, 0.6) is 5.75 Å². The zero-order chi connectivity index (χ0) is 34.7. The molecule has 0 saturated heterocycles. The average molecular weight is 675 g/mol. The van der Waals surface area contributed by atoms with Gasteiger partial charge in [-0.05, 0) is 70.8 Å². The van der Waals surface area contributed by atoms with E-state index in [1.54, 1.807) is 42.5 Å². The van der Waals surface area contributed by atoms with Gasteiger partial charge < -0.3 is 4.74 Å². The SMILES string of the molecule is CC/C(F)=C(\F)c1ccc(-c2ccc(-c3ccc(CCc4cc(F)c(C(F)(F)Oc5cc(F)c(F)c(F)c5)c(F)c4)c(F)c3)cc2)cc1. The molecule has 5 aromatic carbocycles. The van der Waals surface area contributed by atoms with E-state index in [1.165, 1.54) is 31.2 Å². The van der Waals surface area contributed by atoms with Crippen molar-refractivity contribution in [1.82, 2.24) is 0 Å². The minimum absolute atomic E-state index is 0.0434. The third kappa shape index (κ3) is 7.40. The Morgan fingerprint density at radius 2 is 1.08 bits per heavy atom. The molecule has 48 heavy (non-hydrogen) atoms. The first-order chi connectivity index (χ1) is 22.8. The summed E-state index contributed by atoms with van der Waals surface area (Å²) in [6.07, 6.45) is -4.95. The zero-order valence-corrected chi connectivity index (χ0v) is 25.0. The molecular weight excluding hydrogens is 650 g/mol. The molecule has 0 spiro atoms. The van der Waals surface area contributed by atoms with Crippen LogP contribution in [-0.4, -0.2) is 0 Å². The molecule has 0 aliphatic rings. The predicted octanol–water partition coefficient (Wildman–Crippen LogP) is 11.8. The van der Waals surface area contributed by atoms with Crippen molar-refractivity contribution in [3.8, 4) is 28.0 Å². The highest BCUT2D eigenvalue weighted by molar-refractivity contribution is 5.72. The molecule has 5 rings (SSSR count). The molecule has 0 fully saturated rings. The Morgan fingerprint density at radius 1 is 0.583 bits per heavy atom. The van der Waals surface area contributed by atoms with Crippen LogP contribution >= 0.6 is 0 Å². The van der Waals surface area contributed by atoms with Crippen LogP contribution < -0.4 is 4.74 Å². The third-order valence-corrected chi connectivity index (χ3v) is 7.57. The van der Waals surface area contributed by atoms with Gasteiger partial charge in [-0.1, -0.05) is 67.6 Å². The summed E-state index contributed by atoms with van der Waals surface area (Å²) < 4.78 is 145. The fourth-order valence-corrected chi connectivity index (χ4v) is 5.02. The number of hydrogen-bond acceptors (Lipinski definition) is 1. The van der Waals surface area contributed by atoms with Gasteiger partial charge in [0.25, 0.3) is 0 Å². The lowest BCUT2D eigenvalue weighted by Crippen LogP contribution is -2.25. The van der Waals surface area contributed by atoms with Gasteiger partial charge in [0.1, 0.15) is 34.6 Å². The fraction of sp³-hybridized carbons (Fsp3) is 0.135. The molecule has 248 valence electrons. The molecule has 5 aromatic rings. The number of aryl methyl sites for hydroxylation is 2. The molecule has 0 atom stereocenters. The van der Waals surface area contributed by atoms with Crippen LogP contribution in [0.2, 0.25) is 0 Å². The van der Waals surface area contributed by atoms with E-state index in [-0.39, 0.29) is 48.1 Å². The molecular formula is C37H24F10O. The van der Waals surface area contributed by atoms with Crippen LogP contribution in [0.25, 0.3) is 28.1 Å². The Labute approximate surface area is 268 Å². The van der Waals surface area contributed by atoms with Gasteiger partial charge in [0.05, 0.1) is 0 Å². The van der Waals surface area contributed by atoms with E-state index >= 15 is 4.39 Å². The number of benzene rings is 5. The van der Waals surface area contributed by atoms with E-state index in [0.29, 0.717) is 23.3 Å². The first-order valence-corrected chi connectivity index (χ1v) is 14.5. The lowest BCUT2D eigenvalue weighted by molar-refractivity contribution is -0.189. The highest BCUT2D eigenvalue weighted by Gasteiger charge is 2.41. The van der Waals surface area contributed by atoms with Crippen LogP contribution in [0.3, 0.4) is 0 Å². The summed E-state index contributed by atoms with van der Waals surface area (Å²) in [7, 11) is 0. The minimum Gasteiger partial charge on any atom is -0.429 e. The standard InChI is InChI=1S/C37H24F10O/c1-2-28(38)35(44)25-12-9-22(10-13-25)21-5-7-23(8-6-21)26-14-11-24(29(39)17-26)4-3-20-15-30(40)34(31(41)16-20)37(46,47)48-27-18-32(42)36(45)33(43)19-27/h5-19H,2-4H2,1H3/b35-28+. The van der Waals surface area contributed by atoms with Gasteiger partial charge in [-0.15, -0.1) is 0 Å². The van der Waals surface area contributed by atoms with Gasteiger partial charge in [0.2, 0.25) is 0 Å². The summed E-state index contributed by atoms with van der Waals surface area (Å²) in [5.41, 5.74) is 1.16. The molecule has 0 N–H and O–H groups in total. The van der Waals surface area contributed by atoms with Crippen LogP contribution in [0.15, 0.2) is 96.8 Å². The highest BCUT2D eigenvalue weighted by Crippen LogP contribution is 2.37. The Balaban J connectivity index is 1.26. The Hall–Kier alpha value is -5.06. The second-order valence-corrected chi connectivity index (χ2v) is 10.8. The van der Waals surface area contributed by atoms with Crippen LogP contribution in [0, 0.1) is 34.9 Å². The van der Waals surface area contributed by atoms with E-state index < -0.39 is 64.0 Å². The monoisotopic (exact) mass is 674 g/mol. The van der Waals surface area contributed by atoms with Gasteiger partial charge in [0.15, 0.2) is 23.3 Å². The number of hydrogen-bond donors (Lipinski definition) is 0. The summed E-state index contributed by atoms with van der Waals surface area (Å²) in [6.45, 7) is 1.51. The molecule has 0 aliphatic heterocycles. The molecule has 0 amide bonds. The van der Waals surface area contributed by atoms with Crippen molar-refractivity contribution in [3.63, 3.8) is 0 Å². The molecule has 1 nitrogen and oxygen atoms in total. The average Bonchev–Trinajstić information content (AvgIpc) is 3.05. The maximum absolute atomic E-state index is 15.0. The number of halogens is 10. The van der Waals surface area contributed by atoms with Crippen molar-refractivity contribution < 1.29 is 48.6 Å². The Morgan fingerprint density at radius 3 is 1.60 bits per heavy atom. The van der Waals surface area contributed by atoms with Gasteiger partial charge in [-0.25, -0.2) is 35.1 Å². The topological polar surface area (TPSA) is 9.23 Å². The van der Waals surface area contributed by atoms with E-state index in [9.17, 15) is 39.5 Å². The van der Waals surface area contributed by atoms with Crippen molar-refractivity contribution >= 4 is 5.83 Å². The second kappa shape index (κ2) is 14.0. The lowest BCUT2D eigenvalue weighted by atomic mass is 9.97. The third-order valence-electron chi connectivity index (χ3n) is 7.57. The summed E-state index contributed by atoms with van der Waals surface area (Å²) in [5.74, 6) is -12.6. The number of allylic oxidation sites excluding steroid dienone is 1. The molecule has 0 heterocycles. The molecule has 0 bridgehead atoms. The minimum atomic E-state index is -4.72. The van der Waals surface area contributed by atoms with Gasteiger partial charge >= 0.3 is 6.11 Å². The fourth-order valence-electron chi connectivity index (χ4n) is 5.02. The smallest absolute Gasteiger partial charge is 0.429 e. The predicted molar refractivity (Wildman–Crippen MR) is 161 cm³/mol. The van der Waals surface area contributed by atoms with Gasteiger partial charge in [0, 0.05) is 17.7 Å².